The molecule has 0 radical (unpaired) electrons. The minimum atomic E-state index is -3.13. The highest BCUT2D eigenvalue weighted by atomic mass is 32.2. The van der Waals surface area contributed by atoms with Gasteiger partial charge in [0.15, 0.2) is 0 Å². The van der Waals surface area contributed by atoms with Gasteiger partial charge in [0.2, 0.25) is 15.9 Å². The molecule has 7 heteroatoms. The first-order valence-electron chi connectivity index (χ1n) is 7.35. The van der Waals surface area contributed by atoms with Crippen LogP contribution >= 0.6 is 0 Å². The van der Waals surface area contributed by atoms with Crippen LogP contribution in [-0.2, 0) is 14.8 Å². The first-order valence-corrected chi connectivity index (χ1v) is 8.96. The van der Waals surface area contributed by atoms with E-state index in [9.17, 15) is 13.2 Å². The summed E-state index contributed by atoms with van der Waals surface area (Å²) in [6, 6.07) is 0.374. The molecule has 118 valence electrons. The molecule has 1 N–H and O–H groups in total. The van der Waals surface area contributed by atoms with Crippen LogP contribution in [0.25, 0.3) is 0 Å². The number of carbonyl (C=O) groups is 1. The van der Waals surface area contributed by atoms with Crippen LogP contribution in [0.1, 0.15) is 33.6 Å². The Morgan fingerprint density at radius 1 is 1.20 bits per heavy atom. The number of nitrogens with zero attached hydrogens (tertiary/aromatic N) is 2. The molecule has 1 aliphatic heterocycles. The highest BCUT2D eigenvalue weighted by Gasteiger charge is 2.27. The topological polar surface area (TPSA) is 69.7 Å². The zero-order valence-corrected chi connectivity index (χ0v) is 13.6. The van der Waals surface area contributed by atoms with Crippen LogP contribution in [0.5, 0.6) is 0 Å². The zero-order valence-electron chi connectivity index (χ0n) is 12.8. The number of hydrogen-bond acceptors (Lipinski definition) is 4. The maximum Gasteiger partial charge on any atom is 0.223 e. The summed E-state index contributed by atoms with van der Waals surface area (Å²) in [6.45, 7) is 8.47. The Balaban J connectivity index is 2.36. The van der Waals surface area contributed by atoms with Crippen LogP contribution in [0.15, 0.2) is 0 Å². The molecule has 0 unspecified atom stereocenters. The van der Waals surface area contributed by atoms with Gasteiger partial charge in [-0.3, -0.25) is 4.79 Å². The Hall–Kier alpha value is -0.660. The van der Waals surface area contributed by atoms with Gasteiger partial charge in [-0.2, -0.15) is 4.31 Å². The lowest BCUT2D eigenvalue weighted by Gasteiger charge is -2.34. The van der Waals surface area contributed by atoms with Gasteiger partial charge in [-0.05, 0) is 6.42 Å². The number of piperazine rings is 1. The van der Waals surface area contributed by atoms with Crippen molar-refractivity contribution in [3.63, 3.8) is 0 Å². The van der Waals surface area contributed by atoms with Gasteiger partial charge in [0.05, 0.1) is 5.75 Å². The molecule has 0 aromatic heterocycles. The van der Waals surface area contributed by atoms with Crippen LogP contribution in [0, 0.1) is 0 Å². The van der Waals surface area contributed by atoms with Gasteiger partial charge in [0.25, 0.3) is 0 Å². The molecule has 0 bridgehead atoms. The van der Waals surface area contributed by atoms with Crippen molar-refractivity contribution < 1.29 is 13.2 Å². The molecule has 1 fully saturated rings. The minimum absolute atomic E-state index is 0.102. The number of hydrogen-bond donors (Lipinski definition) is 1. The third-order valence-corrected chi connectivity index (χ3v) is 5.41. The standard InChI is InChI=1S/C13H27N3O3S/c1-4-11-20(18,19)16-9-7-15(8-10-16)13(17)5-6-14-12(2)3/h12,14H,4-11H2,1-3H3. The lowest BCUT2D eigenvalue weighted by Crippen LogP contribution is -2.51. The average molecular weight is 305 g/mol. The first-order chi connectivity index (χ1) is 9.36. The Bertz CT molecular complexity index is 401. The molecule has 0 spiro atoms. The zero-order chi connectivity index (χ0) is 15.2. The fourth-order valence-corrected chi connectivity index (χ4v) is 3.72. The van der Waals surface area contributed by atoms with Crippen LogP contribution in [0.3, 0.4) is 0 Å². The molecule has 0 aliphatic carbocycles. The van der Waals surface area contributed by atoms with E-state index < -0.39 is 10.0 Å². The van der Waals surface area contributed by atoms with Crippen molar-refractivity contribution in [3.05, 3.63) is 0 Å². The summed E-state index contributed by atoms with van der Waals surface area (Å²) in [5, 5.41) is 3.21. The molecule has 0 aromatic carbocycles. The van der Waals surface area contributed by atoms with Gasteiger partial charge < -0.3 is 10.2 Å². The van der Waals surface area contributed by atoms with Gasteiger partial charge >= 0.3 is 0 Å². The third-order valence-electron chi connectivity index (χ3n) is 3.34. The van der Waals surface area contributed by atoms with E-state index in [0.717, 1.165) is 0 Å². The van der Waals surface area contributed by atoms with E-state index >= 15 is 0 Å². The van der Waals surface area contributed by atoms with Gasteiger partial charge in [-0.15, -0.1) is 0 Å². The molecular formula is C13H27N3O3S. The SMILES string of the molecule is CCCS(=O)(=O)N1CCN(C(=O)CCNC(C)C)CC1. The summed E-state index contributed by atoms with van der Waals surface area (Å²) in [5.74, 6) is 0.296. The van der Waals surface area contributed by atoms with E-state index in [1.54, 1.807) is 4.90 Å². The third kappa shape index (κ3) is 5.38. The number of carbonyl (C=O) groups excluding carboxylic acids is 1. The molecule has 20 heavy (non-hydrogen) atoms. The molecule has 1 aliphatic rings. The monoisotopic (exact) mass is 305 g/mol. The number of sulfonamides is 1. The summed E-state index contributed by atoms with van der Waals surface area (Å²) in [4.78, 5) is 13.7. The van der Waals surface area contributed by atoms with Crippen molar-refractivity contribution in [3.8, 4) is 0 Å². The predicted octanol–water partition coefficient (Wildman–Crippen LogP) is 0.259. The molecule has 0 atom stereocenters. The normalized spacial score (nSPS) is 17.7. The Kier molecular flexibility index (Phi) is 6.91. The van der Waals surface area contributed by atoms with Crippen molar-refractivity contribution in [1.29, 1.82) is 0 Å². The second-order valence-corrected chi connectivity index (χ2v) is 7.54. The molecule has 0 aromatic rings. The summed E-state index contributed by atoms with van der Waals surface area (Å²) >= 11 is 0. The second kappa shape index (κ2) is 7.95. The summed E-state index contributed by atoms with van der Waals surface area (Å²) < 4.78 is 25.3. The van der Waals surface area contributed by atoms with E-state index in [0.29, 0.717) is 51.6 Å². The van der Waals surface area contributed by atoms with Gasteiger partial charge in [-0.1, -0.05) is 20.8 Å². The first kappa shape index (κ1) is 17.4. The molecule has 1 rings (SSSR count). The molecule has 0 saturated carbocycles. The number of amides is 1. The second-order valence-electron chi connectivity index (χ2n) is 5.45. The predicted molar refractivity (Wildman–Crippen MR) is 80.0 cm³/mol. The van der Waals surface area contributed by atoms with Crippen molar-refractivity contribution in [2.45, 2.75) is 39.7 Å². The Morgan fingerprint density at radius 3 is 2.30 bits per heavy atom. The van der Waals surface area contributed by atoms with E-state index in [4.69, 9.17) is 0 Å². The summed E-state index contributed by atoms with van der Waals surface area (Å²) in [6.07, 6.45) is 1.10. The Morgan fingerprint density at radius 2 is 1.80 bits per heavy atom. The summed E-state index contributed by atoms with van der Waals surface area (Å²) in [5.41, 5.74) is 0. The Labute approximate surface area is 122 Å². The van der Waals surface area contributed by atoms with E-state index in [1.165, 1.54) is 4.31 Å². The van der Waals surface area contributed by atoms with Crippen molar-refractivity contribution in [2.24, 2.45) is 0 Å². The number of rotatable bonds is 7. The van der Waals surface area contributed by atoms with Gasteiger partial charge in [0.1, 0.15) is 0 Å². The largest absolute Gasteiger partial charge is 0.340 e. The minimum Gasteiger partial charge on any atom is -0.340 e. The summed E-state index contributed by atoms with van der Waals surface area (Å²) in [7, 11) is -3.13. The van der Waals surface area contributed by atoms with Crippen molar-refractivity contribution >= 4 is 15.9 Å². The van der Waals surface area contributed by atoms with Crippen molar-refractivity contribution in [1.82, 2.24) is 14.5 Å². The molecule has 1 saturated heterocycles. The van der Waals surface area contributed by atoms with Gasteiger partial charge in [0, 0.05) is 45.2 Å². The fourth-order valence-electron chi connectivity index (χ4n) is 2.23. The van der Waals surface area contributed by atoms with Crippen molar-refractivity contribution in [2.75, 3.05) is 38.5 Å². The smallest absolute Gasteiger partial charge is 0.223 e. The van der Waals surface area contributed by atoms with E-state index in [2.05, 4.69) is 5.32 Å². The average Bonchev–Trinajstić information content (AvgIpc) is 2.38. The quantitative estimate of drug-likeness (QED) is 0.732. The highest BCUT2D eigenvalue weighted by molar-refractivity contribution is 7.89. The molecule has 1 heterocycles. The number of nitrogens with one attached hydrogen (secondary N) is 1. The van der Waals surface area contributed by atoms with Crippen LogP contribution in [0.2, 0.25) is 0 Å². The molecular weight excluding hydrogens is 278 g/mol. The fraction of sp³-hybridized carbons (Fsp3) is 0.923. The van der Waals surface area contributed by atoms with Crippen LogP contribution in [-0.4, -0.2) is 68.0 Å². The highest BCUT2D eigenvalue weighted by Crippen LogP contribution is 2.09. The lowest BCUT2D eigenvalue weighted by atomic mass is 10.3. The van der Waals surface area contributed by atoms with Gasteiger partial charge in [-0.25, -0.2) is 8.42 Å². The van der Waals surface area contributed by atoms with Crippen LogP contribution in [0.4, 0.5) is 0 Å². The molecule has 6 nitrogen and oxygen atoms in total. The molecule has 1 amide bonds. The van der Waals surface area contributed by atoms with E-state index in [1.807, 2.05) is 20.8 Å². The van der Waals surface area contributed by atoms with E-state index in [-0.39, 0.29) is 11.7 Å². The van der Waals surface area contributed by atoms with Crippen LogP contribution < -0.4 is 5.32 Å². The maximum absolute atomic E-state index is 12.0. The lowest BCUT2D eigenvalue weighted by molar-refractivity contribution is -0.132. The maximum atomic E-state index is 12.0.